The number of fused-ring (bicyclic) bond motifs is 3. The van der Waals surface area contributed by atoms with E-state index in [1.807, 2.05) is 26.0 Å². The molecule has 0 atom stereocenters. The molecule has 0 spiro atoms. The summed E-state index contributed by atoms with van der Waals surface area (Å²) in [6, 6.07) is 13.9. The monoisotopic (exact) mass is 376 g/mol. The van der Waals surface area contributed by atoms with Crippen molar-refractivity contribution >= 4 is 28.6 Å². The first-order chi connectivity index (χ1) is 12.9. The molecule has 27 heavy (non-hydrogen) atoms. The molecular formula is C22H20N2O2S. The minimum atomic E-state index is -0.449. The number of nitrogens with zero attached hydrogens (tertiary/aromatic N) is 1. The number of nitrogens with one attached hydrogen (secondary N) is 1. The first-order valence-corrected chi connectivity index (χ1v) is 9.79. The van der Waals surface area contributed by atoms with Gasteiger partial charge >= 0.3 is 0 Å². The molecule has 0 aliphatic heterocycles. The maximum Gasteiger partial charge on any atom is 0.245 e. The fraction of sp³-hybridized carbons (Fsp3) is 0.227. The highest BCUT2D eigenvalue weighted by molar-refractivity contribution is 7.15. The largest absolute Gasteiger partial charge is 0.381 e. The van der Waals surface area contributed by atoms with Gasteiger partial charge in [0.25, 0.3) is 0 Å². The van der Waals surface area contributed by atoms with E-state index in [4.69, 9.17) is 0 Å². The van der Waals surface area contributed by atoms with Gasteiger partial charge in [-0.1, -0.05) is 43.7 Å². The van der Waals surface area contributed by atoms with Crippen molar-refractivity contribution in [3.63, 3.8) is 0 Å². The molecule has 0 saturated heterocycles. The van der Waals surface area contributed by atoms with E-state index in [1.54, 1.807) is 6.07 Å². The second kappa shape index (κ2) is 6.74. The van der Waals surface area contributed by atoms with Gasteiger partial charge < -0.3 is 5.32 Å². The molecule has 0 radical (unpaired) electrons. The molecule has 4 nitrogen and oxygen atoms in total. The number of hydrogen-bond acceptors (Lipinski definition) is 5. The Morgan fingerprint density at radius 2 is 1.74 bits per heavy atom. The Kier molecular flexibility index (Phi) is 4.40. The van der Waals surface area contributed by atoms with Crippen LogP contribution >= 0.6 is 11.3 Å². The standard InChI is InChI=1S/C22H20N2O2S/c1-12(2)22-24-18-16-9-8-15(23-11-14-6-4-13(3)5-7-14)10-17(16)19(25)20(26)21(18)27-22/h4-10,12,23H,11H2,1-3H3. The number of carbonyl (C=O) groups excluding carboxylic acids is 2. The average Bonchev–Trinajstić information content (AvgIpc) is 3.11. The summed E-state index contributed by atoms with van der Waals surface area (Å²) >= 11 is 1.33. The molecule has 1 aliphatic rings. The molecule has 5 heteroatoms. The summed E-state index contributed by atoms with van der Waals surface area (Å²) in [5, 5.41) is 4.22. The van der Waals surface area contributed by atoms with E-state index in [9.17, 15) is 9.59 Å². The van der Waals surface area contributed by atoms with Gasteiger partial charge in [0.05, 0.1) is 10.7 Å². The quantitative estimate of drug-likeness (QED) is 0.633. The number of ketones is 2. The Morgan fingerprint density at radius 3 is 2.44 bits per heavy atom. The van der Waals surface area contributed by atoms with E-state index in [0.29, 0.717) is 22.7 Å². The molecule has 4 rings (SSSR count). The van der Waals surface area contributed by atoms with Crippen molar-refractivity contribution in [2.24, 2.45) is 0 Å². The number of aromatic nitrogens is 1. The normalized spacial score (nSPS) is 12.9. The van der Waals surface area contributed by atoms with Crippen molar-refractivity contribution in [1.82, 2.24) is 4.98 Å². The molecule has 0 fully saturated rings. The molecule has 0 amide bonds. The lowest BCUT2D eigenvalue weighted by Crippen LogP contribution is -2.20. The number of thiazole rings is 1. The van der Waals surface area contributed by atoms with E-state index in [1.165, 1.54) is 16.9 Å². The number of aryl methyl sites for hydroxylation is 1. The second-order valence-corrected chi connectivity index (χ2v) is 8.17. The number of rotatable bonds is 4. The van der Waals surface area contributed by atoms with Crippen LogP contribution in [0.1, 0.15) is 55.9 Å². The van der Waals surface area contributed by atoms with Crippen LogP contribution in [0.15, 0.2) is 42.5 Å². The number of anilines is 1. The molecule has 0 saturated carbocycles. The smallest absolute Gasteiger partial charge is 0.245 e. The first kappa shape index (κ1) is 17.6. The summed E-state index contributed by atoms with van der Waals surface area (Å²) in [6.07, 6.45) is 0. The Balaban J connectivity index is 1.65. The van der Waals surface area contributed by atoms with Gasteiger partial charge in [-0.15, -0.1) is 11.3 Å². The third-order valence-electron chi connectivity index (χ3n) is 4.69. The van der Waals surface area contributed by atoms with Gasteiger partial charge in [-0.25, -0.2) is 4.98 Å². The topological polar surface area (TPSA) is 59.1 Å². The maximum atomic E-state index is 12.6. The van der Waals surface area contributed by atoms with Crippen LogP contribution in [0, 0.1) is 6.92 Å². The van der Waals surface area contributed by atoms with Crippen LogP contribution in [0.2, 0.25) is 0 Å². The average molecular weight is 376 g/mol. The number of Topliss-reactive ketones (excluding diaryl/α,β-unsaturated/α-hetero) is 2. The van der Waals surface area contributed by atoms with E-state index in [-0.39, 0.29) is 5.92 Å². The Morgan fingerprint density at radius 1 is 1.00 bits per heavy atom. The van der Waals surface area contributed by atoms with Crippen LogP contribution < -0.4 is 5.32 Å². The highest BCUT2D eigenvalue weighted by Gasteiger charge is 2.34. The van der Waals surface area contributed by atoms with Crippen molar-refractivity contribution < 1.29 is 9.59 Å². The van der Waals surface area contributed by atoms with Crippen LogP contribution in [0.4, 0.5) is 5.69 Å². The molecule has 1 heterocycles. The number of hydrogen-bond donors (Lipinski definition) is 1. The SMILES string of the molecule is Cc1ccc(CNc2ccc3c(c2)C(=O)C(=O)c2sc(C(C)C)nc2-3)cc1. The predicted molar refractivity (Wildman–Crippen MR) is 109 cm³/mol. The van der Waals surface area contributed by atoms with Gasteiger partial charge in [-0.05, 0) is 30.7 Å². The third kappa shape index (κ3) is 3.19. The van der Waals surface area contributed by atoms with E-state index in [2.05, 4.69) is 41.5 Å². The van der Waals surface area contributed by atoms with E-state index >= 15 is 0 Å². The van der Waals surface area contributed by atoms with Crippen LogP contribution in [0.5, 0.6) is 0 Å². The van der Waals surface area contributed by atoms with Gasteiger partial charge in [0, 0.05) is 29.3 Å². The highest BCUT2D eigenvalue weighted by Crippen LogP contribution is 2.39. The summed E-state index contributed by atoms with van der Waals surface area (Å²) in [5.74, 6) is -0.671. The molecule has 1 aromatic heterocycles. The molecule has 2 aromatic carbocycles. The number of benzene rings is 2. The molecule has 136 valence electrons. The molecule has 1 aliphatic carbocycles. The van der Waals surface area contributed by atoms with Crippen LogP contribution in [0.3, 0.4) is 0 Å². The van der Waals surface area contributed by atoms with Gasteiger partial charge in [-0.2, -0.15) is 0 Å². The fourth-order valence-corrected chi connectivity index (χ4v) is 4.12. The van der Waals surface area contributed by atoms with E-state index < -0.39 is 11.6 Å². The van der Waals surface area contributed by atoms with E-state index in [0.717, 1.165) is 21.8 Å². The molecule has 1 N–H and O–H groups in total. The maximum absolute atomic E-state index is 12.6. The van der Waals surface area contributed by atoms with Gasteiger partial charge in [-0.3, -0.25) is 9.59 Å². The summed E-state index contributed by atoms with van der Waals surface area (Å²) in [6.45, 7) is 6.78. The van der Waals surface area contributed by atoms with Crippen LogP contribution in [-0.4, -0.2) is 16.6 Å². The minimum Gasteiger partial charge on any atom is -0.381 e. The summed E-state index contributed by atoms with van der Waals surface area (Å²) in [5.41, 5.74) is 5.02. The fourth-order valence-electron chi connectivity index (χ4n) is 3.10. The van der Waals surface area contributed by atoms with Crippen LogP contribution in [0.25, 0.3) is 11.3 Å². The number of carbonyl (C=O) groups is 2. The van der Waals surface area contributed by atoms with Gasteiger partial charge in [0.1, 0.15) is 4.88 Å². The summed E-state index contributed by atoms with van der Waals surface area (Å²) in [7, 11) is 0. The first-order valence-electron chi connectivity index (χ1n) is 8.97. The van der Waals surface area contributed by atoms with Gasteiger partial charge in [0.15, 0.2) is 0 Å². The zero-order chi connectivity index (χ0) is 19.1. The Labute approximate surface area is 162 Å². The Bertz CT molecular complexity index is 1050. The van der Waals surface area contributed by atoms with Crippen molar-refractivity contribution in [3.05, 3.63) is 69.0 Å². The van der Waals surface area contributed by atoms with Crippen molar-refractivity contribution in [1.29, 1.82) is 0 Å². The lowest BCUT2D eigenvalue weighted by Gasteiger charge is -2.15. The van der Waals surface area contributed by atoms with Crippen LogP contribution in [-0.2, 0) is 6.54 Å². The highest BCUT2D eigenvalue weighted by atomic mass is 32.1. The Hall–Kier alpha value is -2.79. The van der Waals surface area contributed by atoms with Crippen molar-refractivity contribution in [3.8, 4) is 11.3 Å². The molecule has 3 aromatic rings. The molecule has 0 unspecified atom stereocenters. The molecule has 0 bridgehead atoms. The lowest BCUT2D eigenvalue weighted by atomic mass is 9.91. The zero-order valence-corrected chi connectivity index (χ0v) is 16.3. The van der Waals surface area contributed by atoms with Crippen molar-refractivity contribution in [2.45, 2.75) is 33.2 Å². The lowest BCUT2D eigenvalue weighted by molar-refractivity contribution is 0.0817. The summed E-state index contributed by atoms with van der Waals surface area (Å²) < 4.78 is 0. The van der Waals surface area contributed by atoms with Crippen molar-refractivity contribution in [2.75, 3.05) is 5.32 Å². The third-order valence-corrected chi connectivity index (χ3v) is 6.04. The zero-order valence-electron chi connectivity index (χ0n) is 15.5. The molecular weight excluding hydrogens is 356 g/mol. The van der Waals surface area contributed by atoms with Gasteiger partial charge in [0.2, 0.25) is 11.6 Å². The predicted octanol–water partition coefficient (Wildman–Crippen LogP) is 5.23. The second-order valence-electron chi connectivity index (χ2n) is 7.14. The minimum absolute atomic E-state index is 0.224. The summed E-state index contributed by atoms with van der Waals surface area (Å²) in [4.78, 5) is 30.3.